The number of aromatic nitrogens is 2. The second-order valence-corrected chi connectivity index (χ2v) is 5.88. The summed E-state index contributed by atoms with van der Waals surface area (Å²) in [6.07, 6.45) is 1.64. The highest BCUT2D eigenvalue weighted by molar-refractivity contribution is 5.62. The van der Waals surface area contributed by atoms with Crippen molar-refractivity contribution in [3.8, 4) is 5.75 Å². The van der Waals surface area contributed by atoms with Gasteiger partial charge in [0.1, 0.15) is 0 Å². The first kappa shape index (κ1) is 17.7. The maximum Gasteiger partial charge on any atom is 0.316 e. The van der Waals surface area contributed by atoms with Crippen molar-refractivity contribution in [1.29, 1.82) is 0 Å². The van der Waals surface area contributed by atoms with Crippen molar-refractivity contribution in [3.05, 3.63) is 76.2 Å². The Kier molecular flexibility index (Phi) is 5.31. The second kappa shape index (κ2) is 7.81. The van der Waals surface area contributed by atoms with Gasteiger partial charge in [0, 0.05) is 17.8 Å². The molecule has 0 aliphatic carbocycles. The molecule has 26 heavy (non-hydrogen) atoms. The number of nitrogens with zero attached hydrogens (tertiary/aromatic N) is 2. The van der Waals surface area contributed by atoms with Gasteiger partial charge >= 0.3 is 5.56 Å². The molecule has 0 saturated heterocycles. The first-order chi connectivity index (χ1) is 12.6. The van der Waals surface area contributed by atoms with Crippen LogP contribution < -0.4 is 21.1 Å². The van der Waals surface area contributed by atoms with Crippen molar-refractivity contribution in [2.75, 3.05) is 12.4 Å². The summed E-state index contributed by atoms with van der Waals surface area (Å²) in [5.74, 6) is 0.582. The minimum absolute atomic E-state index is 0.181. The molecule has 0 fully saturated rings. The molecular weight excluding hydrogens is 332 g/mol. The molecule has 7 heteroatoms. The lowest BCUT2D eigenvalue weighted by Crippen LogP contribution is -2.73. The first-order valence-electron chi connectivity index (χ1n) is 8.15. The van der Waals surface area contributed by atoms with Crippen molar-refractivity contribution in [3.63, 3.8) is 0 Å². The Morgan fingerprint density at radius 1 is 1.23 bits per heavy atom. The van der Waals surface area contributed by atoms with Crippen LogP contribution in [0.3, 0.4) is 0 Å². The van der Waals surface area contributed by atoms with Gasteiger partial charge in [-0.25, -0.2) is 5.21 Å². The summed E-state index contributed by atoms with van der Waals surface area (Å²) in [7, 11) is 1.45. The Balaban J connectivity index is 2.02. The number of nitrogens with two attached hydrogens (primary N) is 1. The minimum Gasteiger partial charge on any atom is -0.490 e. The second-order valence-electron chi connectivity index (χ2n) is 5.88. The number of benzene rings is 2. The Bertz CT molecular complexity index is 955. The third-order valence-corrected chi connectivity index (χ3v) is 4.04. The quantitative estimate of drug-likeness (QED) is 0.465. The molecule has 1 heterocycles. The van der Waals surface area contributed by atoms with Gasteiger partial charge in [0.25, 0.3) is 0 Å². The van der Waals surface area contributed by atoms with E-state index in [1.807, 2.05) is 47.9 Å². The summed E-state index contributed by atoms with van der Waals surface area (Å²) < 4.78 is 6.95. The van der Waals surface area contributed by atoms with Crippen molar-refractivity contribution in [2.24, 2.45) is 0 Å². The molecule has 0 radical (unpaired) electrons. The smallest absolute Gasteiger partial charge is 0.316 e. The van der Waals surface area contributed by atoms with Crippen molar-refractivity contribution >= 4 is 17.3 Å². The molecule has 0 bridgehead atoms. The van der Waals surface area contributed by atoms with Crippen molar-refractivity contribution in [1.82, 2.24) is 9.55 Å². The highest BCUT2D eigenvalue weighted by atomic mass is 16.5. The molecule has 0 aliphatic rings. The van der Waals surface area contributed by atoms with Gasteiger partial charge in [0.15, 0.2) is 5.69 Å². The lowest BCUT2D eigenvalue weighted by Gasteiger charge is -2.16. The average molecular weight is 353 g/mol. The van der Waals surface area contributed by atoms with Gasteiger partial charge in [0.05, 0.1) is 19.9 Å². The predicted molar refractivity (Wildman–Crippen MR) is 98.4 cm³/mol. The van der Waals surface area contributed by atoms with Crippen LogP contribution in [-0.4, -0.2) is 21.9 Å². The molecular formula is C19H21N4O3+. The Hall–Kier alpha value is -3.16. The lowest BCUT2D eigenvalue weighted by molar-refractivity contribution is -0.825. The van der Waals surface area contributed by atoms with Crippen LogP contribution in [-0.2, 0) is 6.54 Å². The summed E-state index contributed by atoms with van der Waals surface area (Å²) in [5.41, 5.74) is 4.03. The van der Waals surface area contributed by atoms with Gasteiger partial charge in [-0.15, -0.1) is 0 Å². The summed E-state index contributed by atoms with van der Waals surface area (Å²) in [5, 5.41) is 12.4. The van der Waals surface area contributed by atoms with Gasteiger partial charge in [0.2, 0.25) is 11.7 Å². The summed E-state index contributed by atoms with van der Waals surface area (Å²) >= 11 is 0. The van der Waals surface area contributed by atoms with Gasteiger partial charge in [-0.3, -0.25) is 4.79 Å². The molecule has 0 amide bonds. The number of quaternary nitrogens is 1. The van der Waals surface area contributed by atoms with E-state index in [9.17, 15) is 10.0 Å². The van der Waals surface area contributed by atoms with Crippen LogP contribution in [0.2, 0.25) is 0 Å². The molecule has 0 unspecified atom stereocenters. The topological polar surface area (TPSA) is 93.0 Å². The molecule has 0 saturated carbocycles. The fourth-order valence-corrected chi connectivity index (χ4v) is 2.59. The molecule has 3 aromatic rings. The molecule has 2 aromatic carbocycles. The number of anilines is 2. The van der Waals surface area contributed by atoms with E-state index < -0.39 is 5.56 Å². The molecule has 0 spiro atoms. The zero-order valence-corrected chi connectivity index (χ0v) is 14.6. The van der Waals surface area contributed by atoms with Crippen LogP contribution in [0, 0.1) is 6.92 Å². The maximum absolute atomic E-state index is 12.1. The molecule has 134 valence electrons. The Morgan fingerprint density at radius 3 is 2.69 bits per heavy atom. The van der Waals surface area contributed by atoms with E-state index in [0.717, 1.165) is 22.3 Å². The maximum atomic E-state index is 12.1. The Labute approximate surface area is 150 Å². The third-order valence-electron chi connectivity index (χ3n) is 4.04. The monoisotopic (exact) mass is 353 g/mol. The number of methoxy groups -OCH3 is 1. The molecule has 0 atom stereocenters. The zero-order valence-electron chi connectivity index (χ0n) is 14.6. The van der Waals surface area contributed by atoms with Gasteiger partial charge in [-0.05, 0) is 18.1 Å². The fourth-order valence-electron chi connectivity index (χ4n) is 2.59. The molecule has 0 aliphatic heterocycles. The van der Waals surface area contributed by atoms with Crippen LogP contribution >= 0.6 is 0 Å². The van der Waals surface area contributed by atoms with Crippen molar-refractivity contribution in [2.45, 2.75) is 13.5 Å². The number of rotatable bonds is 6. The minimum atomic E-state index is -0.443. The van der Waals surface area contributed by atoms with E-state index in [0.29, 0.717) is 18.2 Å². The molecule has 4 N–H and O–H groups in total. The predicted octanol–water partition coefficient (Wildman–Crippen LogP) is 1.94. The molecule has 3 rings (SSSR count). The van der Waals surface area contributed by atoms with E-state index in [1.165, 1.54) is 7.11 Å². The van der Waals surface area contributed by atoms with Gasteiger partial charge < -0.3 is 14.6 Å². The normalized spacial score (nSPS) is 10.6. The van der Waals surface area contributed by atoms with Gasteiger partial charge in [-0.1, -0.05) is 36.4 Å². The Morgan fingerprint density at radius 2 is 2.00 bits per heavy atom. The third kappa shape index (κ3) is 3.90. The number of aryl methyl sites for hydroxylation is 1. The van der Waals surface area contributed by atoms with E-state index in [2.05, 4.69) is 10.3 Å². The summed E-state index contributed by atoms with van der Waals surface area (Å²) in [4.78, 5) is 16.3. The zero-order chi connectivity index (χ0) is 18.5. The van der Waals surface area contributed by atoms with Crippen LogP contribution in [0.25, 0.3) is 0 Å². The molecule has 7 nitrogen and oxygen atoms in total. The number of ether oxygens (including phenoxy) is 1. The van der Waals surface area contributed by atoms with Crippen LogP contribution in [0.4, 0.5) is 17.3 Å². The fraction of sp³-hybridized carbons (Fsp3) is 0.158. The summed E-state index contributed by atoms with van der Waals surface area (Å²) in [6, 6.07) is 15.3. The first-order valence-corrected chi connectivity index (χ1v) is 8.15. The van der Waals surface area contributed by atoms with E-state index in [4.69, 9.17) is 4.74 Å². The largest absolute Gasteiger partial charge is 0.490 e. The van der Waals surface area contributed by atoms with Crippen LogP contribution in [0.15, 0.2) is 59.5 Å². The highest BCUT2D eigenvalue weighted by Gasteiger charge is 2.12. The number of hydrogen-bond donors (Lipinski definition) is 3. The van der Waals surface area contributed by atoms with E-state index in [-0.39, 0.29) is 5.75 Å². The van der Waals surface area contributed by atoms with E-state index >= 15 is 0 Å². The van der Waals surface area contributed by atoms with E-state index in [1.54, 1.807) is 18.3 Å². The number of nitrogens with one attached hydrogen (secondary N) is 1. The summed E-state index contributed by atoms with van der Waals surface area (Å²) in [6.45, 7) is 2.46. The SMILES string of the molecule is COc1cn(Cc2ccccc2)c(Nc2cc([NH2+]O)ccc2C)nc1=O. The molecule has 1 aromatic heterocycles. The number of hydrogen-bond acceptors (Lipinski definition) is 5. The average Bonchev–Trinajstić information content (AvgIpc) is 2.66. The van der Waals surface area contributed by atoms with Crippen LogP contribution in [0.5, 0.6) is 5.75 Å². The van der Waals surface area contributed by atoms with Crippen molar-refractivity contribution < 1.29 is 15.4 Å². The van der Waals surface area contributed by atoms with Gasteiger partial charge in [-0.2, -0.15) is 10.5 Å². The standard InChI is InChI=1S/C19H20N4O3/c1-13-8-9-15(22-25)10-16(13)20-19-21-18(24)17(26-2)12-23(19)11-14-6-4-3-5-7-14/h3-10,12,22,25H,11H2,1-2H3,(H,20,21,24)/p+1. The van der Waals surface area contributed by atoms with Crippen LogP contribution in [0.1, 0.15) is 11.1 Å². The lowest BCUT2D eigenvalue weighted by atomic mass is 10.2. The highest BCUT2D eigenvalue weighted by Crippen LogP contribution is 2.22.